The first-order valence-electron chi connectivity index (χ1n) is 7.34. The zero-order chi connectivity index (χ0) is 14.1. The van der Waals surface area contributed by atoms with Crippen LogP contribution in [0.5, 0.6) is 0 Å². The molecule has 5 heteroatoms. The second-order valence-electron chi connectivity index (χ2n) is 5.21. The third-order valence-corrected chi connectivity index (χ3v) is 3.59. The Bertz CT molecular complexity index is 288. The van der Waals surface area contributed by atoms with Gasteiger partial charge in [0.2, 0.25) is 0 Å². The van der Waals surface area contributed by atoms with E-state index < -0.39 is 0 Å². The zero-order valence-corrected chi connectivity index (χ0v) is 12.0. The van der Waals surface area contributed by atoms with Crippen LogP contribution in [0.25, 0.3) is 0 Å². The monoisotopic (exact) mass is 270 g/mol. The number of rotatable bonds is 6. The molecule has 0 heterocycles. The van der Waals surface area contributed by atoms with Crippen LogP contribution in [-0.2, 0) is 9.53 Å². The molecule has 0 aromatic carbocycles. The quantitative estimate of drug-likeness (QED) is 0.574. The number of ether oxygens (including phenoxy) is 1. The number of hydrogen-bond donors (Lipinski definition) is 2. The van der Waals surface area contributed by atoms with Crippen LogP contribution < -0.4 is 10.6 Å². The summed E-state index contributed by atoms with van der Waals surface area (Å²) in [6.07, 6.45) is 6.56. The standard InChI is InChI=1S/C14H26N2O3/c1-3-11(2)13(17)19-10-9-15-14(18)16-12-7-5-4-6-8-12/h11-12H,3-10H2,1-2H3,(H2,15,16,18). The van der Waals surface area contributed by atoms with Gasteiger partial charge in [-0.25, -0.2) is 4.79 Å². The normalized spacial score (nSPS) is 17.6. The first-order valence-corrected chi connectivity index (χ1v) is 7.34. The molecule has 1 rings (SSSR count). The summed E-state index contributed by atoms with van der Waals surface area (Å²) in [4.78, 5) is 23.0. The van der Waals surface area contributed by atoms with Crippen molar-refractivity contribution < 1.29 is 14.3 Å². The lowest BCUT2D eigenvalue weighted by molar-refractivity contribution is -0.147. The summed E-state index contributed by atoms with van der Waals surface area (Å²) >= 11 is 0. The maximum atomic E-state index is 11.6. The molecular weight excluding hydrogens is 244 g/mol. The predicted octanol–water partition coefficient (Wildman–Crippen LogP) is 2.21. The van der Waals surface area contributed by atoms with E-state index in [1.54, 1.807) is 0 Å². The Kier molecular flexibility index (Phi) is 7.30. The van der Waals surface area contributed by atoms with E-state index in [0.717, 1.165) is 19.3 Å². The minimum atomic E-state index is -0.197. The number of nitrogens with one attached hydrogen (secondary N) is 2. The van der Waals surface area contributed by atoms with Crippen LogP contribution in [0, 0.1) is 5.92 Å². The molecule has 0 aromatic rings. The van der Waals surface area contributed by atoms with Crippen LogP contribution in [0.3, 0.4) is 0 Å². The molecular formula is C14H26N2O3. The average Bonchev–Trinajstić information content (AvgIpc) is 2.43. The SMILES string of the molecule is CCC(C)C(=O)OCCNC(=O)NC1CCCCC1. The highest BCUT2D eigenvalue weighted by molar-refractivity contribution is 5.74. The fourth-order valence-electron chi connectivity index (χ4n) is 2.11. The van der Waals surface area contributed by atoms with Gasteiger partial charge >= 0.3 is 12.0 Å². The van der Waals surface area contributed by atoms with Crippen molar-refractivity contribution in [3.05, 3.63) is 0 Å². The molecule has 0 aromatic heterocycles. The maximum Gasteiger partial charge on any atom is 0.315 e. The van der Waals surface area contributed by atoms with E-state index >= 15 is 0 Å². The fraction of sp³-hybridized carbons (Fsp3) is 0.857. The lowest BCUT2D eigenvalue weighted by atomic mass is 9.96. The Labute approximate surface area is 115 Å². The van der Waals surface area contributed by atoms with E-state index in [1.807, 2.05) is 13.8 Å². The number of esters is 1. The summed E-state index contributed by atoms with van der Waals surface area (Å²) in [5, 5.41) is 5.67. The van der Waals surface area contributed by atoms with Crippen molar-refractivity contribution in [2.45, 2.75) is 58.4 Å². The smallest absolute Gasteiger partial charge is 0.315 e. The second-order valence-corrected chi connectivity index (χ2v) is 5.21. The van der Waals surface area contributed by atoms with Crippen LogP contribution in [-0.4, -0.2) is 31.2 Å². The molecule has 0 spiro atoms. The first kappa shape index (κ1) is 15.8. The Morgan fingerprint density at radius 1 is 1.26 bits per heavy atom. The van der Waals surface area contributed by atoms with Crippen LogP contribution in [0.15, 0.2) is 0 Å². The summed E-state index contributed by atoms with van der Waals surface area (Å²) < 4.78 is 5.05. The zero-order valence-electron chi connectivity index (χ0n) is 12.0. The van der Waals surface area contributed by atoms with Gasteiger partial charge in [0, 0.05) is 6.04 Å². The van der Waals surface area contributed by atoms with Crippen molar-refractivity contribution in [2.24, 2.45) is 5.92 Å². The van der Waals surface area contributed by atoms with Gasteiger partial charge in [-0.3, -0.25) is 4.79 Å². The molecule has 1 fully saturated rings. The molecule has 0 radical (unpaired) electrons. The molecule has 1 atom stereocenters. The summed E-state index contributed by atoms with van der Waals surface area (Å²) in [7, 11) is 0. The van der Waals surface area contributed by atoms with Gasteiger partial charge < -0.3 is 15.4 Å². The molecule has 1 saturated carbocycles. The van der Waals surface area contributed by atoms with Gasteiger partial charge in [0.25, 0.3) is 0 Å². The molecule has 110 valence electrons. The van der Waals surface area contributed by atoms with E-state index in [1.165, 1.54) is 19.3 Å². The van der Waals surface area contributed by atoms with Crippen molar-refractivity contribution in [1.82, 2.24) is 10.6 Å². The number of amides is 2. The molecule has 19 heavy (non-hydrogen) atoms. The van der Waals surface area contributed by atoms with Crippen molar-refractivity contribution in [3.63, 3.8) is 0 Å². The topological polar surface area (TPSA) is 67.4 Å². The van der Waals surface area contributed by atoms with Crippen LogP contribution in [0.2, 0.25) is 0 Å². The molecule has 0 saturated heterocycles. The molecule has 1 aliphatic rings. The number of carbonyl (C=O) groups is 2. The van der Waals surface area contributed by atoms with Gasteiger partial charge in [-0.1, -0.05) is 33.1 Å². The maximum absolute atomic E-state index is 11.6. The largest absolute Gasteiger partial charge is 0.464 e. The van der Waals surface area contributed by atoms with E-state index in [4.69, 9.17) is 4.74 Å². The molecule has 2 amide bonds. The van der Waals surface area contributed by atoms with E-state index in [0.29, 0.717) is 12.6 Å². The Balaban J connectivity index is 2.05. The lowest BCUT2D eigenvalue weighted by Crippen LogP contribution is -2.44. The third kappa shape index (κ3) is 6.45. The molecule has 2 N–H and O–H groups in total. The van der Waals surface area contributed by atoms with E-state index in [-0.39, 0.29) is 24.5 Å². The average molecular weight is 270 g/mol. The van der Waals surface area contributed by atoms with E-state index in [9.17, 15) is 9.59 Å². The molecule has 1 unspecified atom stereocenters. The minimum Gasteiger partial charge on any atom is -0.464 e. The van der Waals surface area contributed by atoms with Crippen molar-refractivity contribution in [2.75, 3.05) is 13.2 Å². The summed E-state index contributed by atoms with van der Waals surface area (Å²) in [5.41, 5.74) is 0. The van der Waals surface area contributed by atoms with Crippen LogP contribution >= 0.6 is 0 Å². The summed E-state index contributed by atoms with van der Waals surface area (Å²) in [5.74, 6) is -0.270. The lowest BCUT2D eigenvalue weighted by Gasteiger charge is -2.22. The highest BCUT2D eigenvalue weighted by Gasteiger charge is 2.15. The van der Waals surface area contributed by atoms with Gasteiger partial charge in [0.1, 0.15) is 6.61 Å². The van der Waals surface area contributed by atoms with Gasteiger partial charge in [0.15, 0.2) is 0 Å². The number of carbonyl (C=O) groups excluding carboxylic acids is 2. The molecule has 5 nitrogen and oxygen atoms in total. The van der Waals surface area contributed by atoms with Gasteiger partial charge in [0.05, 0.1) is 12.5 Å². The van der Waals surface area contributed by atoms with Gasteiger partial charge in [-0.05, 0) is 19.3 Å². The van der Waals surface area contributed by atoms with Gasteiger partial charge in [-0.2, -0.15) is 0 Å². The number of hydrogen-bond acceptors (Lipinski definition) is 3. The first-order chi connectivity index (χ1) is 9.13. The van der Waals surface area contributed by atoms with Gasteiger partial charge in [-0.15, -0.1) is 0 Å². The minimum absolute atomic E-state index is 0.0731. The summed E-state index contributed by atoms with van der Waals surface area (Å²) in [6, 6.07) is 0.142. The van der Waals surface area contributed by atoms with Crippen molar-refractivity contribution in [1.29, 1.82) is 0 Å². The molecule has 0 aliphatic heterocycles. The Morgan fingerprint density at radius 2 is 1.95 bits per heavy atom. The number of urea groups is 1. The Hall–Kier alpha value is -1.26. The highest BCUT2D eigenvalue weighted by atomic mass is 16.5. The second kappa shape index (κ2) is 8.77. The third-order valence-electron chi connectivity index (χ3n) is 3.59. The molecule has 1 aliphatic carbocycles. The van der Waals surface area contributed by atoms with Crippen LogP contribution in [0.1, 0.15) is 52.4 Å². The van der Waals surface area contributed by atoms with Crippen molar-refractivity contribution >= 4 is 12.0 Å². The Morgan fingerprint density at radius 3 is 2.58 bits per heavy atom. The fourth-order valence-corrected chi connectivity index (χ4v) is 2.11. The molecule has 0 bridgehead atoms. The van der Waals surface area contributed by atoms with Crippen LogP contribution in [0.4, 0.5) is 4.79 Å². The highest BCUT2D eigenvalue weighted by Crippen LogP contribution is 2.17. The summed E-state index contributed by atoms with van der Waals surface area (Å²) in [6.45, 7) is 4.38. The van der Waals surface area contributed by atoms with Crippen molar-refractivity contribution in [3.8, 4) is 0 Å². The van der Waals surface area contributed by atoms with E-state index in [2.05, 4.69) is 10.6 Å². The predicted molar refractivity (Wildman–Crippen MR) is 73.8 cm³/mol.